The molecule has 6 heteroatoms. The van der Waals surface area contributed by atoms with E-state index in [1.54, 1.807) is 0 Å². The lowest BCUT2D eigenvalue weighted by molar-refractivity contribution is -0.151. The van der Waals surface area contributed by atoms with Gasteiger partial charge in [-0.05, 0) is 18.4 Å². The minimum Gasteiger partial charge on any atom is -0.468 e. The van der Waals surface area contributed by atoms with E-state index in [-0.39, 0.29) is 18.6 Å². The largest absolute Gasteiger partial charge is 0.468 e. The van der Waals surface area contributed by atoms with Crippen LogP contribution in [-0.4, -0.2) is 24.4 Å². The van der Waals surface area contributed by atoms with E-state index in [9.17, 15) is 9.59 Å². The van der Waals surface area contributed by atoms with Crippen molar-refractivity contribution in [1.82, 2.24) is 0 Å². The van der Waals surface area contributed by atoms with Crippen molar-refractivity contribution in [2.24, 2.45) is 5.11 Å². The third-order valence-electron chi connectivity index (χ3n) is 2.64. The smallest absolute Gasteiger partial charge is 0.325 e. The highest BCUT2D eigenvalue weighted by Crippen LogP contribution is 2.29. The zero-order valence-corrected chi connectivity index (χ0v) is 8.60. The molecule has 1 saturated carbocycles. The monoisotopic (exact) mass is 211 g/mol. The van der Waals surface area contributed by atoms with Crippen molar-refractivity contribution in [3.8, 4) is 0 Å². The molecule has 0 heterocycles. The Hall–Kier alpha value is -1.55. The fraction of sp³-hybridized carbons (Fsp3) is 0.778. The predicted molar refractivity (Wildman–Crippen MR) is 52.0 cm³/mol. The molecule has 1 unspecified atom stereocenters. The molecule has 6 nitrogen and oxygen atoms in total. The number of hydrogen-bond acceptors (Lipinski definition) is 4. The van der Waals surface area contributed by atoms with E-state index in [4.69, 9.17) is 5.53 Å². The molecule has 0 saturated heterocycles. The highest BCUT2D eigenvalue weighted by Gasteiger charge is 2.46. The third kappa shape index (κ3) is 2.10. The molecule has 0 bridgehead atoms. The van der Waals surface area contributed by atoms with Crippen molar-refractivity contribution in [3.63, 3.8) is 0 Å². The Labute approximate surface area is 87.2 Å². The fourth-order valence-electron chi connectivity index (χ4n) is 1.80. The van der Waals surface area contributed by atoms with Crippen LogP contribution in [0.4, 0.5) is 0 Å². The van der Waals surface area contributed by atoms with E-state index >= 15 is 0 Å². The lowest BCUT2D eigenvalue weighted by Gasteiger charge is -2.21. The van der Waals surface area contributed by atoms with Crippen LogP contribution in [0.2, 0.25) is 0 Å². The summed E-state index contributed by atoms with van der Waals surface area (Å²) in [5.41, 5.74) is 6.82. The van der Waals surface area contributed by atoms with E-state index in [0.29, 0.717) is 6.42 Å². The molecule has 1 rings (SSSR count). The summed E-state index contributed by atoms with van der Waals surface area (Å²) < 4.78 is 4.55. The van der Waals surface area contributed by atoms with Gasteiger partial charge in [0.2, 0.25) is 5.54 Å². The first-order chi connectivity index (χ1) is 7.17. The molecule has 0 aromatic heterocycles. The van der Waals surface area contributed by atoms with Gasteiger partial charge in [0.15, 0.2) is 5.78 Å². The van der Waals surface area contributed by atoms with Crippen LogP contribution < -0.4 is 0 Å². The van der Waals surface area contributed by atoms with Crippen LogP contribution in [0.15, 0.2) is 5.11 Å². The van der Waals surface area contributed by atoms with Gasteiger partial charge in [-0.2, -0.15) is 0 Å². The molecule has 0 amide bonds. The van der Waals surface area contributed by atoms with Gasteiger partial charge < -0.3 is 4.74 Å². The summed E-state index contributed by atoms with van der Waals surface area (Å²) in [7, 11) is 1.19. The van der Waals surface area contributed by atoms with Crippen molar-refractivity contribution >= 4 is 11.8 Å². The minimum atomic E-state index is -1.61. The maximum Gasteiger partial charge on any atom is 0.325 e. The number of azide groups is 1. The van der Waals surface area contributed by atoms with Crippen molar-refractivity contribution in [2.75, 3.05) is 7.11 Å². The summed E-state index contributed by atoms with van der Waals surface area (Å²) in [6.45, 7) is 0. The van der Waals surface area contributed by atoms with Crippen LogP contribution in [0.25, 0.3) is 10.4 Å². The molecular formula is C9H13N3O3. The number of carbonyl (C=O) groups is 2. The lowest BCUT2D eigenvalue weighted by atomic mass is 9.90. The number of nitrogens with zero attached hydrogens (tertiary/aromatic N) is 3. The molecule has 0 spiro atoms. The van der Waals surface area contributed by atoms with Crippen LogP contribution in [0, 0.1) is 0 Å². The molecule has 0 aliphatic heterocycles. The maximum atomic E-state index is 11.8. The Bertz CT molecular complexity index is 323. The molecule has 0 radical (unpaired) electrons. The Balaban J connectivity index is 3.10. The second-order valence-electron chi connectivity index (χ2n) is 3.53. The summed E-state index contributed by atoms with van der Waals surface area (Å²) in [5.74, 6) is -1.07. The van der Waals surface area contributed by atoms with Crippen molar-refractivity contribution in [3.05, 3.63) is 10.4 Å². The Morgan fingerprint density at radius 2 is 2.27 bits per heavy atom. The van der Waals surface area contributed by atoms with Crippen LogP contribution in [0.3, 0.4) is 0 Å². The molecule has 1 aliphatic rings. The van der Waals surface area contributed by atoms with E-state index in [1.807, 2.05) is 0 Å². The van der Waals surface area contributed by atoms with Crippen LogP contribution in [0.1, 0.15) is 32.1 Å². The minimum absolute atomic E-state index is 0.253. The summed E-state index contributed by atoms with van der Waals surface area (Å²) in [5, 5.41) is 3.38. The van der Waals surface area contributed by atoms with E-state index in [2.05, 4.69) is 14.8 Å². The Morgan fingerprint density at radius 3 is 2.87 bits per heavy atom. The quantitative estimate of drug-likeness (QED) is 0.174. The average Bonchev–Trinajstić information content (AvgIpc) is 2.42. The van der Waals surface area contributed by atoms with Gasteiger partial charge >= 0.3 is 5.97 Å². The molecule has 0 N–H and O–H groups in total. The normalized spacial score (nSPS) is 26.3. The molecular weight excluding hydrogens is 198 g/mol. The zero-order valence-electron chi connectivity index (χ0n) is 8.60. The molecule has 1 fully saturated rings. The van der Waals surface area contributed by atoms with E-state index in [0.717, 1.165) is 12.8 Å². The van der Waals surface area contributed by atoms with Gasteiger partial charge in [0.1, 0.15) is 0 Å². The van der Waals surface area contributed by atoms with Crippen LogP contribution in [0.5, 0.6) is 0 Å². The topological polar surface area (TPSA) is 92.1 Å². The first-order valence-electron chi connectivity index (χ1n) is 4.85. The first kappa shape index (κ1) is 11.5. The van der Waals surface area contributed by atoms with E-state index < -0.39 is 11.5 Å². The average molecular weight is 211 g/mol. The Morgan fingerprint density at radius 1 is 1.53 bits per heavy atom. The molecule has 0 aromatic carbocycles. The third-order valence-corrected chi connectivity index (χ3v) is 2.64. The summed E-state index contributed by atoms with van der Waals surface area (Å²) >= 11 is 0. The number of methoxy groups -OCH3 is 1. The highest BCUT2D eigenvalue weighted by molar-refractivity contribution is 6.08. The molecule has 1 aliphatic carbocycles. The van der Waals surface area contributed by atoms with Crippen LogP contribution >= 0.6 is 0 Å². The van der Waals surface area contributed by atoms with Gasteiger partial charge in [-0.15, -0.1) is 0 Å². The maximum absolute atomic E-state index is 11.8. The number of esters is 1. The second-order valence-corrected chi connectivity index (χ2v) is 3.53. The summed E-state index contributed by atoms with van der Waals surface area (Å²) in [6, 6.07) is 0. The zero-order chi connectivity index (χ0) is 11.3. The number of hydrogen-bond donors (Lipinski definition) is 0. The standard InChI is InChI=1S/C9H13N3O3/c1-15-8(14)9(11-12-10)6-4-2-3-5-7(9)13/h2-6H2,1H3. The predicted octanol–water partition coefficient (Wildman–Crippen LogP) is 1.74. The van der Waals surface area contributed by atoms with Gasteiger partial charge in [0, 0.05) is 11.3 Å². The Kier molecular flexibility index (Phi) is 3.68. The summed E-state index contributed by atoms with van der Waals surface area (Å²) in [4.78, 5) is 25.9. The SMILES string of the molecule is COC(=O)C1(N=[N+]=[N-])CCCCCC1=O. The second kappa shape index (κ2) is 4.79. The highest BCUT2D eigenvalue weighted by atomic mass is 16.5. The first-order valence-corrected chi connectivity index (χ1v) is 4.85. The van der Waals surface area contributed by atoms with Gasteiger partial charge in [0.05, 0.1) is 7.11 Å². The van der Waals surface area contributed by atoms with Crippen molar-refractivity contribution in [2.45, 2.75) is 37.6 Å². The van der Waals surface area contributed by atoms with Crippen molar-refractivity contribution in [1.29, 1.82) is 0 Å². The summed E-state index contributed by atoms with van der Waals surface area (Å²) in [6.07, 6.45) is 2.82. The van der Waals surface area contributed by atoms with Gasteiger partial charge in [-0.3, -0.25) is 9.59 Å². The molecule has 0 aromatic rings. The number of ether oxygens (including phenoxy) is 1. The number of carbonyl (C=O) groups excluding carboxylic acids is 2. The number of rotatable bonds is 2. The molecule has 1 atom stereocenters. The van der Waals surface area contributed by atoms with Gasteiger partial charge in [-0.25, -0.2) is 0 Å². The fourth-order valence-corrected chi connectivity index (χ4v) is 1.80. The van der Waals surface area contributed by atoms with Gasteiger partial charge in [-0.1, -0.05) is 18.0 Å². The van der Waals surface area contributed by atoms with Crippen LogP contribution in [-0.2, 0) is 14.3 Å². The lowest BCUT2D eigenvalue weighted by Crippen LogP contribution is -2.44. The van der Waals surface area contributed by atoms with E-state index in [1.165, 1.54) is 7.11 Å². The number of ketones is 1. The van der Waals surface area contributed by atoms with Crippen molar-refractivity contribution < 1.29 is 14.3 Å². The van der Waals surface area contributed by atoms with Gasteiger partial charge in [0.25, 0.3) is 0 Å². The number of Topliss-reactive ketones (excluding diaryl/α,β-unsaturated/α-hetero) is 1. The molecule has 15 heavy (non-hydrogen) atoms. The molecule has 82 valence electrons.